The zero-order valence-electron chi connectivity index (χ0n) is 27.6. The topological polar surface area (TPSA) is 62.8 Å². The van der Waals surface area contributed by atoms with Crippen LogP contribution in [0.5, 0.6) is 0 Å². The molecular weight excluding hydrogens is 643 g/mol. The fraction of sp³-hybridized carbons (Fsp3) is 0.0698. The summed E-state index contributed by atoms with van der Waals surface area (Å²) in [5, 5.41) is 1.83. The van der Waals surface area contributed by atoms with Crippen LogP contribution in [-0.4, -0.2) is 15.5 Å². The number of nitrogens with one attached hydrogen (secondary N) is 1. The maximum atomic E-state index is 14.2. The molecule has 0 radical (unpaired) electrons. The Balaban J connectivity index is 0.000000170. The van der Waals surface area contributed by atoms with Crippen molar-refractivity contribution >= 4 is 34.9 Å². The van der Waals surface area contributed by atoms with Crippen LogP contribution in [0.3, 0.4) is 0 Å². The van der Waals surface area contributed by atoms with Crippen molar-refractivity contribution in [1.29, 1.82) is 0 Å². The fourth-order valence-electron chi connectivity index (χ4n) is 6.11. The number of H-pyrrole nitrogens is 1. The van der Waals surface area contributed by atoms with E-state index in [0.29, 0.717) is 21.2 Å². The van der Waals surface area contributed by atoms with Crippen molar-refractivity contribution in [3.63, 3.8) is 0 Å². The minimum atomic E-state index is -3.44. The van der Waals surface area contributed by atoms with E-state index in [2.05, 4.69) is 29.2 Å². The lowest BCUT2D eigenvalue weighted by atomic mass is 10.0. The van der Waals surface area contributed by atoms with E-state index in [9.17, 15) is 9.36 Å². The normalized spacial score (nSPS) is 11.0. The number of aromatic nitrogens is 2. The van der Waals surface area contributed by atoms with Gasteiger partial charge in [-0.1, -0.05) is 163 Å². The molecule has 1 heterocycles. The SMILES string of the molecule is Cc1cc(C)c(C(=O)P(=O)(c2ccccc2)c2ccccc2)c(C)c1.Clc1ccccc1-c1nc(-c2ccccc2)c(-c2ccccc2)[nH]1. The highest BCUT2D eigenvalue weighted by atomic mass is 35.5. The second-order valence-corrected chi connectivity index (χ2v) is 14.9. The molecule has 0 bridgehead atoms. The van der Waals surface area contributed by atoms with E-state index in [0.717, 1.165) is 50.6 Å². The number of hydrogen-bond acceptors (Lipinski definition) is 3. The van der Waals surface area contributed by atoms with Gasteiger partial charge in [-0.3, -0.25) is 4.79 Å². The van der Waals surface area contributed by atoms with Crippen molar-refractivity contribution in [1.82, 2.24) is 9.97 Å². The third kappa shape index (κ3) is 7.12. The molecule has 49 heavy (non-hydrogen) atoms. The Morgan fingerprint density at radius 2 is 1.06 bits per heavy atom. The van der Waals surface area contributed by atoms with Crippen LogP contribution in [0.4, 0.5) is 0 Å². The second-order valence-electron chi connectivity index (χ2n) is 11.9. The molecule has 1 N–H and O–H groups in total. The fourth-order valence-corrected chi connectivity index (χ4v) is 8.95. The van der Waals surface area contributed by atoms with Crippen molar-refractivity contribution in [3.05, 3.63) is 185 Å². The van der Waals surface area contributed by atoms with Gasteiger partial charge in [-0.05, 0) is 44.0 Å². The molecule has 0 aliphatic heterocycles. The number of rotatable bonds is 7. The van der Waals surface area contributed by atoms with Gasteiger partial charge in [-0.2, -0.15) is 0 Å². The van der Waals surface area contributed by atoms with Crippen molar-refractivity contribution in [2.24, 2.45) is 0 Å². The summed E-state index contributed by atoms with van der Waals surface area (Å²) in [4.78, 5) is 21.9. The first-order valence-corrected chi connectivity index (χ1v) is 18.2. The third-order valence-electron chi connectivity index (χ3n) is 8.36. The first-order valence-electron chi connectivity index (χ1n) is 16.1. The average Bonchev–Trinajstić information content (AvgIpc) is 3.58. The molecule has 0 aliphatic rings. The lowest BCUT2D eigenvalue weighted by Gasteiger charge is -2.20. The Kier molecular flexibility index (Phi) is 10.2. The summed E-state index contributed by atoms with van der Waals surface area (Å²) in [7, 11) is -3.44. The second kappa shape index (κ2) is 14.9. The molecule has 0 saturated heterocycles. The van der Waals surface area contributed by atoms with Gasteiger partial charge >= 0.3 is 0 Å². The monoisotopic (exact) mass is 678 g/mol. The minimum absolute atomic E-state index is 0.292. The van der Waals surface area contributed by atoms with Gasteiger partial charge in [0.15, 0.2) is 0 Å². The summed E-state index contributed by atoms with van der Waals surface area (Å²) in [5.41, 5.74) is 8.12. The molecule has 6 aromatic carbocycles. The molecule has 0 fully saturated rings. The van der Waals surface area contributed by atoms with E-state index < -0.39 is 7.14 Å². The quantitative estimate of drug-likeness (QED) is 0.171. The van der Waals surface area contributed by atoms with E-state index in [1.54, 1.807) is 24.3 Å². The number of hydrogen-bond donors (Lipinski definition) is 1. The summed E-state index contributed by atoms with van der Waals surface area (Å²) in [6, 6.07) is 50.3. The highest BCUT2D eigenvalue weighted by Gasteiger charge is 2.37. The molecule has 242 valence electrons. The largest absolute Gasteiger partial charge is 0.337 e. The maximum absolute atomic E-state index is 14.2. The predicted molar refractivity (Wildman–Crippen MR) is 205 cm³/mol. The van der Waals surface area contributed by atoms with Crippen LogP contribution in [0, 0.1) is 20.8 Å². The molecule has 0 aliphatic carbocycles. The lowest BCUT2D eigenvalue weighted by Crippen LogP contribution is -2.23. The van der Waals surface area contributed by atoms with Gasteiger partial charge in [0.25, 0.3) is 0 Å². The Morgan fingerprint density at radius 3 is 1.57 bits per heavy atom. The summed E-state index contributed by atoms with van der Waals surface area (Å²) in [6.45, 7) is 5.82. The van der Waals surface area contributed by atoms with Gasteiger partial charge < -0.3 is 9.55 Å². The molecule has 0 amide bonds. The van der Waals surface area contributed by atoms with Gasteiger partial charge in [0.05, 0.1) is 16.4 Å². The van der Waals surface area contributed by atoms with Crippen LogP contribution in [-0.2, 0) is 4.57 Å². The van der Waals surface area contributed by atoms with Gasteiger partial charge in [0.2, 0.25) is 12.7 Å². The van der Waals surface area contributed by atoms with Gasteiger partial charge in [0.1, 0.15) is 5.82 Å². The van der Waals surface area contributed by atoms with Crippen LogP contribution in [0.1, 0.15) is 27.0 Å². The lowest BCUT2D eigenvalue weighted by molar-refractivity contribution is 0.107. The smallest absolute Gasteiger partial charge is 0.230 e. The minimum Gasteiger partial charge on any atom is -0.337 e. The number of benzene rings is 6. The summed E-state index contributed by atoms with van der Waals surface area (Å²) < 4.78 is 14.2. The third-order valence-corrected chi connectivity index (χ3v) is 11.5. The molecule has 0 atom stereocenters. The van der Waals surface area contributed by atoms with Crippen LogP contribution in [0.25, 0.3) is 33.9 Å². The Bertz CT molecular complexity index is 2130. The number of carbonyl (C=O) groups is 1. The summed E-state index contributed by atoms with van der Waals surface area (Å²) >= 11 is 6.35. The first kappa shape index (κ1) is 33.6. The van der Waals surface area contributed by atoms with Gasteiger partial charge in [-0.25, -0.2) is 4.98 Å². The van der Waals surface area contributed by atoms with E-state index in [4.69, 9.17) is 16.6 Å². The number of aromatic amines is 1. The van der Waals surface area contributed by atoms with E-state index in [1.165, 1.54) is 0 Å². The van der Waals surface area contributed by atoms with E-state index in [-0.39, 0.29) is 5.52 Å². The number of halogens is 1. The predicted octanol–water partition coefficient (Wildman–Crippen LogP) is 10.8. The summed E-state index contributed by atoms with van der Waals surface area (Å²) in [6.07, 6.45) is 0. The Labute approximate surface area is 292 Å². The highest BCUT2D eigenvalue weighted by molar-refractivity contribution is 7.93. The standard InChI is InChI=1S/C22H21O2P.C21H15ClN2/c1-16-14-17(2)21(18(3)15-16)22(23)25(24,19-10-6-4-7-11-19)20-12-8-5-9-13-20;22-18-14-8-7-13-17(18)21-23-19(15-9-3-1-4-10-15)20(24-21)16-11-5-2-6-12-16/h4-15H,1-3H3;1-14H,(H,23,24). The highest BCUT2D eigenvalue weighted by Crippen LogP contribution is 2.48. The van der Waals surface area contributed by atoms with Gasteiger partial charge in [0, 0.05) is 32.9 Å². The molecule has 7 rings (SSSR count). The van der Waals surface area contributed by atoms with Crippen LogP contribution in [0.2, 0.25) is 5.02 Å². The van der Waals surface area contributed by atoms with Crippen molar-refractivity contribution in [2.45, 2.75) is 20.8 Å². The molecular formula is C43H36ClN2O2P. The molecule has 0 saturated carbocycles. The average molecular weight is 679 g/mol. The summed E-state index contributed by atoms with van der Waals surface area (Å²) in [5.74, 6) is 0.776. The molecule has 7 aromatic rings. The van der Waals surface area contributed by atoms with Crippen molar-refractivity contribution in [2.75, 3.05) is 0 Å². The molecule has 1 aromatic heterocycles. The first-order chi connectivity index (χ1) is 23.8. The number of carbonyl (C=O) groups excluding carboxylic acids is 1. The van der Waals surface area contributed by atoms with E-state index >= 15 is 0 Å². The zero-order valence-corrected chi connectivity index (χ0v) is 29.3. The molecule has 0 spiro atoms. The van der Waals surface area contributed by atoms with Gasteiger partial charge in [-0.15, -0.1) is 0 Å². The van der Waals surface area contributed by atoms with E-state index in [1.807, 2.05) is 130 Å². The molecule has 4 nitrogen and oxygen atoms in total. The Hall–Kier alpha value is -5.28. The Morgan fingerprint density at radius 1 is 0.612 bits per heavy atom. The van der Waals surface area contributed by atoms with Crippen LogP contribution < -0.4 is 10.6 Å². The number of aryl methyl sites for hydroxylation is 3. The number of nitrogens with zero attached hydrogens (tertiary/aromatic N) is 1. The van der Waals surface area contributed by atoms with Crippen molar-refractivity contribution in [3.8, 4) is 33.9 Å². The van der Waals surface area contributed by atoms with Crippen LogP contribution in [0.15, 0.2) is 158 Å². The van der Waals surface area contributed by atoms with Crippen molar-refractivity contribution < 1.29 is 9.36 Å². The van der Waals surface area contributed by atoms with Crippen LogP contribution >= 0.6 is 18.7 Å². The molecule has 6 heteroatoms. The molecule has 0 unspecified atom stereocenters. The maximum Gasteiger partial charge on any atom is 0.230 e. The number of imidazole rings is 1. The zero-order chi connectivity index (χ0) is 34.4.